The molecule has 0 radical (unpaired) electrons. The predicted molar refractivity (Wildman–Crippen MR) is 110 cm³/mol. The van der Waals surface area contributed by atoms with Crippen molar-refractivity contribution in [3.63, 3.8) is 0 Å². The van der Waals surface area contributed by atoms with Gasteiger partial charge in [-0.15, -0.1) is 0 Å². The number of carbonyl (C=O) groups is 2. The van der Waals surface area contributed by atoms with E-state index in [1.54, 1.807) is 0 Å². The maximum Gasteiger partial charge on any atom is 0.329 e. The quantitative estimate of drug-likeness (QED) is 0.386. The number of hydrogen-bond acceptors (Lipinski definition) is 4. The highest BCUT2D eigenvalue weighted by atomic mass is 79.9. The minimum absolute atomic E-state index is 0.130. The van der Waals surface area contributed by atoms with Crippen molar-refractivity contribution in [1.29, 1.82) is 0 Å². The number of rotatable bonds is 5. The molecule has 0 spiro atoms. The molecule has 2 amide bonds. The molecule has 1 aliphatic rings. The molecule has 2 aromatic rings. The van der Waals surface area contributed by atoms with Crippen LogP contribution >= 0.6 is 15.9 Å². The first-order valence-electron chi connectivity index (χ1n) is 8.69. The Balaban J connectivity index is 1.71. The van der Waals surface area contributed by atoms with Gasteiger partial charge < -0.3 is 10.6 Å². The molecular formula is C20H21BrN4O2. The van der Waals surface area contributed by atoms with Crippen molar-refractivity contribution in [2.24, 2.45) is 5.10 Å². The summed E-state index contributed by atoms with van der Waals surface area (Å²) in [5, 5.41) is 9.92. The van der Waals surface area contributed by atoms with Crippen LogP contribution in [0.15, 0.2) is 46.0 Å². The minimum Gasteiger partial charge on any atom is -0.355 e. The summed E-state index contributed by atoms with van der Waals surface area (Å²) in [4.78, 5) is 23.4. The first-order chi connectivity index (χ1) is 12.9. The van der Waals surface area contributed by atoms with Gasteiger partial charge in [0.15, 0.2) is 0 Å². The van der Waals surface area contributed by atoms with Crippen LogP contribution < -0.4 is 16.1 Å². The zero-order chi connectivity index (χ0) is 19.4. The van der Waals surface area contributed by atoms with Crippen LogP contribution in [0.5, 0.6) is 0 Å². The standard InChI is InChI=1S/C20H21BrN4O2/c1-12-7-13(2)9-17(8-12)23-18-6-3-15(21)10-14(18)11-22-25-20(27)19(26)24-16-4-5-16/h3,6-11,16,23H,4-5H2,1-2H3,(H,24,26)(H,25,27)/b22-11-. The Kier molecular flexibility index (Phi) is 5.91. The van der Waals surface area contributed by atoms with Crippen LogP contribution in [0, 0.1) is 13.8 Å². The van der Waals surface area contributed by atoms with Crippen molar-refractivity contribution in [2.75, 3.05) is 5.32 Å². The molecule has 0 saturated heterocycles. The van der Waals surface area contributed by atoms with E-state index in [9.17, 15) is 9.59 Å². The molecular weight excluding hydrogens is 408 g/mol. The summed E-state index contributed by atoms with van der Waals surface area (Å²) in [7, 11) is 0. The van der Waals surface area contributed by atoms with Gasteiger partial charge >= 0.3 is 11.8 Å². The fourth-order valence-corrected chi connectivity index (χ4v) is 3.03. The Hall–Kier alpha value is -2.67. The maximum absolute atomic E-state index is 11.8. The molecule has 0 aromatic heterocycles. The lowest BCUT2D eigenvalue weighted by atomic mass is 10.1. The second-order valence-electron chi connectivity index (χ2n) is 6.68. The smallest absolute Gasteiger partial charge is 0.329 e. The van der Waals surface area contributed by atoms with Gasteiger partial charge in [-0.05, 0) is 68.1 Å². The molecule has 7 heteroatoms. The van der Waals surface area contributed by atoms with E-state index in [1.165, 1.54) is 17.3 Å². The summed E-state index contributed by atoms with van der Waals surface area (Å²) in [6, 6.07) is 12.1. The van der Waals surface area contributed by atoms with E-state index >= 15 is 0 Å². The van der Waals surface area contributed by atoms with Gasteiger partial charge in [0.05, 0.1) is 6.21 Å². The van der Waals surface area contributed by atoms with Crippen LogP contribution in [-0.4, -0.2) is 24.1 Å². The van der Waals surface area contributed by atoms with Gasteiger partial charge in [-0.25, -0.2) is 5.43 Å². The molecule has 1 saturated carbocycles. The third-order valence-electron chi connectivity index (χ3n) is 4.00. The van der Waals surface area contributed by atoms with Crippen LogP contribution in [0.4, 0.5) is 11.4 Å². The van der Waals surface area contributed by atoms with Crippen LogP contribution in [0.25, 0.3) is 0 Å². The summed E-state index contributed by atoms with van der Waals surface area (Å²) in [5.74, 6) is -1.42. The van der Waals surface area contributed by atoms with Gasteiger partial charge in [-0.1, -0.05) is 22.0 Å². The number of anilines is 2. The topological polar surface area (TPSA) is 82.6 Å². The van der Waals surface area contributed by atoms with E-state index in [-0.39, 0.29) is 6.04 Å². The maximum atomic E-state index is 11.8. The van der Waals surface area contributed by atoms with Crippen molar-refractivity contribution in [3.05, 3.63) is 57.6 Å². The first kappa shape index (κ1) is 19.1. The molecule has 0 atom stereocenters. The van der Waals surface area contributed by atoms with Crippen LogP contribution in [0.3, 0.4) is 0 Å². The van der Waals surface area contributed by atoms with E-state index in [0.29, 0.717) is 0 Å². The highest BCUT2D eigenvalue weighted by Crippen LogP contribution is 2.25. The number of halogens is 1. The molecule has 1 fully saturated rings. The summed E-state index contributed by atoms with van der Waals surface area (Å²) >= 11 is 3.44. The number of nitrogens with zero attached hydrogens (tertiary/aromatic N) is 1. The van der Waals surface area contributed by atoms with Crippen molar-refractivity contribution >= 4 is 45.3 Å². The molecule has 2 aromatic carbocycles. The van der Waals surface area contributed by atoms with E-state index in [4.69, 9.17) is 0 Å². The molecule has 3 N–H and O–H groups in total. The first-order valence-corrected chi connectivity index (χ1v) is 9.49. The number of aryl methyl sites for hydroxylation is 2. The number of hydrogen-bond donors (Lipinski definition) is 3. The molecule has 0 aliphatic heterocycles. The van der Waals surface area contributed by atoms with Crippen molar-refractivity contribution in [1.82, 2.24) is 10.7 Å². The average Bonchev–Trinajstić information content (AvgIpc) is 3.40. The third-order valence-corrected chi connectivity index (χ3v) is 4.50. The van der Waals surface area contributed by atoms with E-state index in [0.717, 1.165) is 34.3 Å². The third kappa shape index (κ3) is 5.65. The Labute approximate surface area is 166 Å². The zero-order valence-electron chi connectivity index (χ0n) is 15.2. The van der Waals surface area contributed by atoms with Gasteiger partial charge in [-0.2, -0.15) is 5.10 Å². The van der Waals surface area contributed by atoms with Crippen LogP contribution in [0.2, 0.25) is 0 Å². The Morgan fingerprint density at radius 2 is 1.78 bits per heavy atom. The molecule has 140 valence electrons. The molecule has 0 heterocycles. The monoisotopic (exact) mass is 428 g/mol. The molecule has 1 aliphatic carbocycles. The number of amides is 2. The van der Waals surface area contributed by atoms with Crippen molar-refractivity contribution < 1.29 is 9.59 Å². The van der Waals surface area contributed by atoms with E-state index < -0.39 is 11.8 Å². The Bertz CT molecular complexity index is 887. The fraction of sp³-hybridized carbons (Fsp3) is 0.250. The normalized spacial score (nSPS) is 13.4. The number of nitrogens with one attached hydrogen (secondary N) is 3. The molecule has 3 rings (SSSR count). The van der Waals surface area contributed by atoms with Gasteiger partial charge in [0, 0.05) is 27.5 Å². The second-order valence-corrected chi connectivity index (χ2v) is 7.60. The van der Waals surface area contributed by atoms with E-state index in [2.05, 4.69) is 55.3 Å². The summed E-state index contributed by atoms with van der Waals surface area (Å²) < 4.78 is 0.882. The predicted octanol–water partition coefficient (Wildman–Crippen LogP) is 3.54. The molecule has 0 unspecified atom stereocenters. The SMILES string of the molecule is Cc1cc(C)cc(Nc2ccc(Br)cc2/C=N\NC(=O)C(=O)NC2CC2)c1. The number of carbonyl (C=O) groups excluding carboxylic acids is 2. The number of benzene rings is 2. The summed E-state index contributed by atoms with van der Waals surface area (Å²) in [6.45, 7) is 4.09. The van der Waals surface area contributed by atoms with Crippen LogP contribution in [-0.2, 0) is 9.59 Å². The molecule has 27 heavy (non-hydrogen) atoms. The Morgan fingerprint density at radius 1 is 1.07 bits per heavy atom. The zero-order valence-corrected chi connectivity index (χ0v) is 16.8. The van der Waals surface area contributed by atoms with Crippen molar-refractivity contribution in [2.45, 2.75) is 32.7 Å². The summed E-state index contributed by atoms with van der Waals surface area (Å²) in [5.41, 5.74) is 7.18. The van der Waals surface area contributed by atoms with Gasteiger partial charge in [0.25, 0.3) is 0 Å². The second kappa shape index (κ2) is 8.35. The lowest BCUT2D eigenvalue weighted by molar-refractivity contribution is -0.139. The molecule has 6 nitrogen and oxygen atoms in total. The minimum atomic E-state index is -0.767. The van der Waals surface area contributed by atoms with Gasteiger partial charge in [0.2, 0.25) is 0 Å². The molecule has 0 bridgehead atoms. The van der Waals surface area contributed by atoms with Gasteiger partial charge in [0.1, 0.15) is 0 Å². The van der Waals surface area contributed by atoms with E-state index in [1.807, 2.05) is 32.0 Å². The fourth-order valence-electron chi connectivity index (χ4n) is 2.65. The van der Waals surface area contributed by atoms with Crippen molar-refractivity contribution in [3.8, 4) is 0 Å². The highest BCUT2D eigenvalue weighted by Gasteiger charge is 2.26. The van der Waals surface area contributed by atoms with Gasteiger partial charge in [-0.3, -0.25) is 9.59 Å². The number of hydrazone groups is 1. The Morgan fingerprint density at radius 3 is 2.44 bits per heavy atom. The highest BCUT2D eigenvalue weighted by molar-refractivity contribution is 9.10. The average molecular weight is 429 g/mol. The largest absolute Gasteiger partial charge is 0.355 e. The lowest BCUT2D eigenvalue weighted by Gasteiger charge is -2.12. The van der Waals surface area contributed by atoms with Crippen LogP contribution in [0.1, 0.15) is 29.5 Å². The summed E-state index contributed by atoms with van der Waals surface area (Å²) in [6.07, 6.45) is 3.36. The lowest BCUT2D eigenvalue weighted by Crippen LogP contribution is -2.38.